The molecule has 8 atom stereocenters. The molecule has 0 aromatic heterocycles. The van der Waals surface area contributed by atoms with E-state index in [4.69, 9.17) is 4.74 Å². The van der Waals surface area contributed by atoms with Crippen LogP contribution in [0.25, 0.3) is 0 Å². The second-order valence-corrected chi connectivity index (χ2v) is 13.7. The highest BCUT2D eigenvalue weighted by Crippen LogP contribution is 2.55. The van der Waals surface area contributed by atoms with E-state index in [9.17, 15) is 14.4 Å². The molecule has 8 nitrogen and oxygen atoms in total. The number of carbonyl (C=O) groups is 3. The van der Waals surface area contributed by atoms with Gasteiger partial charge in [0.1, 0.15) is 11.6 Å². The van der Waals surface area contributed by atoms with Crippen LogP contribution >= 0.6 is 0 Å². The van der Waals surface area contributed by atoms with Gasteiger partial charge in [-0.15, -0.1) is 0 Å². The van der Waals surface area contributed by atoms with E-state index in [2.05, 4.69) is 57.1 Å². The molecule has 0 unspecified atom stereocenters. The first-order valence-electron chi connectivity index (χ1n) is 16.7. The highest BCUT2D eigenvalue weighted by molar-refractivity contribution is 6.02. The molecule has 3 amide bonds. The molecule has 8 heteroatoms. The van der Waals surface area contributed by atoms with Crippen LogP contribution in [0.1, 0.15) is 85.1 Å². The smallest absolute Gasteiger partial charge is 0.246 e. The summed E-state index contributed by atoms with van der Waals surface area (Å²) in [5.74, 6) is -0.691. The molecule has 0 radical (unpaired) electrons. The Kier molecular flexibility index (Phi) is 9.67. The molecule has 3 fully saturated rings. The number of amides is 3. The predicted octanol–water partition coefficient (Wildman–Crippen LogP) is 4.96. The maximum atomic E-state index is 14.3. The number of hydrogen-bond donors (Lipinski definition) is 2. The minimum atomic E-state index is -1.14. The Labute approximate surface area is 258 Å². The largest absolute Gasteiger partial charge is 0.359 e. The van der Waals surface area contributed by atoms with Crippen molar-refractivity contribution >= 4 is 23.4 Å². The van der Waals surface area contributed by atoms with Crippen LogP contribution in [0.4, 0.5) is 5.69 Å². The average molecular weight is 593 g/mol. The summed E-state index contributed by atoms with van der Waals surface area (Å²) in [6.07, 6.45) is 8.51. The van der Waals surface area contributed by atoms with Gasteiger partial charge < -0.3 is 25.2 Å². The van der Waals surface area contributed by atoms with Gasteiger partial charge in [-0.05, 0) is 67.8 Å². The molecular weight excluding hydrogens is 540 g/mol. The summed E-state index contributed by atoms with van der Waals surface area (Å²) in [5, 5.41) is 6.41. The van der Waals surface area contributed by atoms with Gasteiger partial charge in [-0.3, -0.25) is 14.4 Å². The molecule has 2 saturated heterocycles. The average Bonchev–Trinajstić information content (AvgIpc) is 3.62. The number of fused-ring (bicyclic) bond motifs is 1. The Morgan fingerprint density at radius 2 is 1.74 bits per heavy atom. The van der Waals surface area contributed by atoms with Crippen LogP contribution in [0.15, 0.2) is 36.4 Å². The number of benzene rings is 1. The Morgan fingerprint density at radius 1 is 1.05 bits per heavy atom. The molecule has 43 heavy (non-hydrogen) atoms. The summed E-state index contributed by atoms with van der Waals surface area (Å²) in [7, 11) is 0. The van der Waals surface area contributed by atoms with Gasteiger partial charge in [-0.25, -0.2) is 0 Å². The van der Waals surface area contributed by atoms with Crippen LogP contribution < -0.4 is 10.6 Å². The highest BCUT2D eigenvalue weighted by atomic mass is 16.5. The van der Waals surface area contributed by atoms with E-state index in [1.165, 1.54) is 12.0 Å². The van der Waals surface area contributed by atoms with Gasteiger partial charge in [-0.2, -0.15) is 0 Å². The van der Waals surface area contributed by atoms with E-state index >= 15 is 0 Å². The fourth-order valence-electron chi connectivity index (χ4n) is 7.95. The number of anilines is 1. The fourth-order valence-corrected chi connectivity index (χ4v) is 7.95. The molecule has 3 heterocycles. The first kappa shape index (κ1) is 31.7. The van der Waals surface area contributed by atoms with Crippen LogP contribution in [-0.2, 0) is 19.1 Å². The topological polar surface area (TPSA) is 91.0 Å². The standard InChI is InChI=1S/C35H52N4O4/c1-7-18-38(19-8-2)20-21-39-31(33(41)37-27-11-9-10-23(5)24(27)6)35-17-16-28(43-35)29(30(35)34(39)42)32(40)36-26-14-12-25(13-15-26)22(3)4/h12-17,22-24,27-31H,7-11,18-21H2,1-6H3,(H,36,40)(H,37,41)/t23-,24+,27-,28-,29-,30-,31+,35+/m1/s1. The van der Waals surface area contributed by atoms with Crippen LogP contribution in [0, 0.1) is 23.7 Å². The molecule has 3 aliphatic heterocycles. The number of nitrogens with zero attached hydrogens (tertiary/aromatic N) is 2. The van der Waals surface area contributed by atoms with E-state index in [0.29, 0.717) is 36.5 Å². The molecule has 1 aromatic carbocycles. The molecule has 236 valence electrons. The monoisotopic (exact) mass is 592 g/mol. The van der Waals surface area contributed by atoms with Crippen LogP contribution in [-0.4, -0.2) is 77.5 Å². The van der Waals surface area contributed by atoms with Crippen molar-refractivity contribution < 1.29 is 19.1 Å². The van der Waals surface area contributed by atoms with E-state index in [-0.39, 0.29) is 23.8 Å². The van der Waals surface area contributed by atoms with Gasteiger partial charge in [0.05, 0.1) is 17.9 Å². The number of nitrogens with one attached hydrogen (secondary N) is 2. The summed E-state index contributed by atoms with van der Waals surface area (Å²) >= 11 is 0. The highest BCUT2D eigenvalue weighted by Gasteiger charge is 2.72. The number of hydrogen-bond acceptors (Lipinski definition) is 5. The Hall–Kier alpha value is -2.71. The summed E-state index contributed by atoms with van der Waals surface area (Å²) in [6, 6.07) is 7.13. The van der Waals surface area contributed by atoms with Gasteiger partial charge in [0, 0.05) is 24.8 Å². The first-order chi connectivity index (χ1) is 20.6. The van der Waals surface area contributed by atoms with Crippen molar-refractivity contribution in [3.05, 3.63) is 42.0 Å². The molecule has 5 rings (SSSR count). The normalized spacial score (nSPS) is 33.0. The molecule has 2 bridgehead atoms. The zero-order valence-electron chi connectivity index (χ0n) is 27.0. The fraction of sp³-hybridized carbons (Fsp3) is 0.686. The third-order valence-corrected chi connectivity index (χ3v) is 10.5. The Bertz CT molecular complexity index is 1190. The number of ether oxygens (including phenoxy) is 1. The van der Waals surface area contributed by atoms with E-state index in [1.54, 1.807) is 4.90 Å². The second-order valence-electron chi connectivity index (χ2n) is 13.7. The van der Waals surface area contributed by atoms with E-state index in [0.717, 1.165) is 38.8 Å². The predicted molar refractivity (Wildman–Crippen MR) is 170 cm³/mol. The lowest BCUT2D eigenvalue weighted by atomic mass is 9.73. The SMILES string of the molecule is CCCN(CCC)CCN1C(=O)[C@H]2[C@H](C(=O)Nc3ccc(C(C)C)cc3)[C@H]3C=C[C@@]2(O3)[C@@H]1C(=O)N[C@@H]1CCC[C@@H](C)[C@@H]1C. The van der Waals surface area contributed by atoms with Crippen LogP contribution in [0.2, 0.25) is 0 Å². The van der Waals surface area contributed by atoms with Gasteiger partial charge in [0.25, 0.3) is 0 Å². The van der Waals surface area contributed by atoms with Gasteiger partial charge in [-0.1, -0.05) is 78.7 Å². The molecule has 1 saturated carbocycles. The third kappa shape index (κ3) is 6.02. The first-order valence-corrected chi connectivity index (χ1v) is 16.7. The number of rotatable bonds is 12. The lowest BCUT2D eigenvalue weighted by Crippen LogP contribution is -2.58. The zero-order valence-corrected chi connectivity index (χ0v) is 27.0. The van der Waals surface area contributed by atoms with Gasteiger partial charge >= 0.3 is 0 Å². The zero-order chi connectivity index (χ0) is 30.9. The Balaban J connectivity index is 1.41. The van der Waals surface area contributed by atoms with Crippen molar-refractivity contribution in [3.63, 3.8) is 0 Å². The summed E-state index contributed by atoms with van der Waals surface area (Å²) in [4.78, 5) is 46.5. The minimum Gasteiger partial charge on any atom is -0.359 e. The van der Waals surface area contributed by atoms with Crippen molar-refractivity contribution in [2.24, 2.45) is 23.7 Å². The van der Waals surface area contributed by atoms with Crippen molar-refractivity contribution in [2.75, 3.05) is 31.5 Å². The molecule has 2 N–H and O–H groups in total. The lowest BCUT2D eigenvalue weighted by molar-refractivity contribution is -0.141. The summed E-state index contributed by atoms with van der Waals surface area (Å²) in [5.41, 5.74) is 0.751. The van der Waals surface area contributed by atoms with Crippen LogP contribution in [0.3, 0.4) is 0 Å². The van der Waals surface area contributed by atoms with Crippen molar-refractivity contribution in [1.29, 1.82) is 0 Å². The van der Waals surface area contributed by atoms with Crippen molar-refractivity contribution in [1.82, 2.24) is 15.1 Å². The minimum absolute atomic E-state index is 0.0656. The third-order valence-electron chi connectivity index (χ3n) is 10.5. The van der Waals surface area contributed by atoms with Crippen molar-refractivity contribution in [2.45, 2.75) is 103 Å². The maximum absolute atomic E-state index is 14.3. The molecule has 1 aliphatic carbocycles. The lowest BCUT2D eigenvalue weighted by Gasteiger charge is -2.38. The van der Waals surface area contributed by atoms with E-state index in [1.807, 2.05) is 36.4 Å². The molecule has 1 spiro atoms. The molecular formula is C35H52N4O4. The molecule has 4 aliphatic rings. The Morgan fingerprint density at radius 3 is 2.40 bits per heavy atom. The number of carbonyl (C=O) groups excluding carboxylic acids is 3. The summed E-state index contributed by atoms with van der Waals surface area (Å²) < 4.78 is 6.57. The van der Waals surface area contributed by atoms with E-state index < -0.39 is 29.6 Å². The maximum Gasteiger partial charge on any atom is 0.246 e. The van der Waals surface area contributed by atoms with Crippen molar-refractivity contribution in [3.8, 4) is 0 Å². The molecule has 1 aromatic rings. The van der Waals surface area contributed by atoms with Gasteiger partial charge in [0.2, 0.25) is 17.7 Å². The van der Waals surface area contributed by atoms with Crippen LogP contribution in [0.5, 0.6) is 0 Å². The quantitative estimate of drug-likeness (QED) is 0.335. The number of likely N-dealkylation sites (tertiary alicyclic amines) is 1. The summed E-state index contributed by atoms with van der Waals surface area (Å²) in [6.45, 7) is 16.1. The second kappa shape index (κ2) is 13.1. The van der Waals surface area contributed by atoms with Gasteiger partial charge in [0.15, 0.2) is 0 Å².